The summed E-state index contributed by atoms with van der Waals surface area (Å²) < 4.78 is 0. The van der Waals surface area contributed by atoms with E-state index in [2.05, 4.69) is 0 Å². The Hall–Kier alpha value is -1.08. The molecule has 1 saturated carbocycles. The van der Waals surface area contributed by atoms with Crippen molar-refractivity contribution in [1.82, 2.24) is 4.90 Å². The molecule has 0 aromatic heterocycles. The van der Waals surface area contributed by atoms with E-state index in [4.69, 9.17) is 5.26 Å². The average molecular weight is 224 g/mol. The maximum atomic E-state index is 11.9. The third-order valence-corrected chi connectivity index (χ3v) is 3.24. The Bertz CT molecular complexity index is 277. The van der Waals surface area contributed by atoms with Crippen LogP contribution in [0.1, 0.15) is 45.4 Å². The molecule has 0 unspecified atom stereocenters. The summed E-state index contributed by atoms with van der Waals surface area (Å²) >= 11 is 0. The Kier molecular flexibility index (Phi) is 4.75. The standard InChI is InChI=1S/C12H20N2O2/c1-2-14(9-5-8-13)11(15)10-12(16)6-3-4-7-12/h16H,2-7,9-10H2,1H3. The summed E-state index contributed by atoms with van der Waals surface area (Å²) in [6.07, 6.45) is 4.05. The van der Waals surface area contributed by atoms with Crippen molar-refractivity contribution in [3.63, 3.8) is 0 Å². The van der Waals surface area contributed by atoms with E-state index in [9.17, 15) is 9.90 Å². The van der Waals surface area contributed by atoms with Crippen LogP contribution in [0.15, 0.2) is 0 Å². The Labute approximate surface area is 96.9 Å². The fourth-order valence-electron chi connectivity index (χ4n) is 2.25. The van der Waals surface area contributed by atoms with Crippen LogP contribution in [0.25, 0.3) is 0 Å². The van der Waals surface area contributed by atoms with Crippen LogP contribution >= 0.6 is 0 Å². The smallest absolute Gasteiger partial charge is 0.225 e. The van der Waals surface area contributed by atoms with E-state index in [1.165, 1.54) is 0 Å². The first-order valence-corrected chi connectivity index (χ1v) is 5.98. The van der Waals surface area contributed by atoms with Crippen LogP contribution in [-0.2, 0) is 4.79 Å². The van der Waals surface area contributed by atoms with Gasteiger partial charge in [-0.15, -0.1) is 0 Å². The highest BCUT2D eigenvalue weighted by molar-refractivity contribution is 5.77. The van der Waals surface area contributed by atoms with E-state index < -0.39 is 5.60 Å². The van der Waals surface area contributed by atoms with Gasteiger partial charge in [-0.2, -0.15) is 5.26 Å². The Morgan fingerprint density at radius 1 is 1.50 bits per heavy atom. The van der Waals surface area contributed by atoms with E-state index in [-0.39, 0.29) is 12.3 Å². The maximum Gasteiger partial charge on any atom is 0.225 e. The van der Waals surface area contributed by atoms with Crippen molar-refractivity contribution >= 4 is 5.91 Å². The SMILES string of the molecule is CCN(CCC#N)C(=O)CC1(O)CCCC1. The van der Waals surface area contributed by atoms with Crippen molar-refractivity contribution in [2.24, 2.45) is 0 Å². The molecule has 1 amide bonds. The molecule has 4 heteroatoms. The molecule has 0 spiro atoms. The van der Waals surface area contributed by atoms with Gasteiger partial charge < -0.3 is 10.0 Å². The third-order valence-electron chi connectivity index (χ3n) is 3.24. The van der Waals surface area contributed by atoms with Crippen LogP contribution in [0.2, 0.25) is 0 Å². The minimum atomic E-state index is -0.781. The predicted octanol–water partition coefficient (Wildman–Crippen LogP) is 1.44. The molecular formula is C12H20N2O2. The van der Waals surface area contributed by atoms with Gasteiger partial charge in [-0.1, -0.05) is 12.8 Å². The summed E-state index contributed by atoms with van der Waals surface area (Å²) in [6, 6.07) is 2.03. The molecule has 90 valence electrons. The van der Waals surface area contributed by atoms with Gasteiger partial charge in [-0.3, -0.25) is 4.79 Å². The molecule has 0 aromatic rings. The van der Waals surface area contributed by atoms with Crippen molar-refractivity contribution < 1.29 is 9.90 Å². The van der Waals surface area contributed by atoms with Gasteiger partial charge in [0.15, 0.2) is 0 Å². The average Bonchev–Trinajstić information content (AvgIpc) is 2.66. The molecular weight excluding hydrogens is 204 g/mol. The molecule has 0 atom stereocenters. The van der Waals surface area contributed by atoms with Crippen LogP contribution in [0.4, 0.5) is 0 Å². The second-order valence-electron chi connectivity index (χ2n) is 4.49. The van der Waals surface area contributed by atoms with Crippen molar-refractivity contribution in [3.05, 3.63) is 0 Å². The summed E-state index contributed by atoms with van der Waals surface area (Å²) in [7, 11) is 0. The van der Waals surface area contributed by atoms with E-state index in [0.717, 1.165) is 25.7 Å². The number of carbonyl (C=O) groups excluding carboxylic acids is 1. The number of hydrogen-bond donors (Lipinski definition) is 1. The molecule has 0 aromatic carbocycles. The zero-order valence-corrected chi connectivity index (χ0v) is 9.91. The quantitative estimate of drug-likeness (QED) is 0.768. The number of carbonyl (C=O) groups is 1. The molecule has 4 nitrogen and oxygen atoms in total. The van der Waals surface area contributed by atoms with Crippen LogP contribution in [0.5, 0.6) is 0 Å². The zero-order valence-electron chi connectivity index (χ0n) is 9.91. The third kappa shape index (κ3) is 3.49. The van der Waals surface area contributed by atoms with Gasteiger partial charge in [0.1, 0.15) is 0 Å². The molecule has 0 aliphatic heterocycles. The first kappa shape index (κ1) is 13.0. The summed E-state index contributed by atoms with van der Waals surface area (Å²) in [6.45, 7) is 2.98. The fourth-order valence-corrected chi connectivity index (χ4v) is 2.25. The molecule has 0 heterocycles. The first-order valence-electron chi connectivity index (χ1n) is 5.98. The fraction of sp³-hybridized carbons (Fsp3) is 0.833. The lowest BCUT2D eigenvalue weighted by atomic mass is 9.97. The normalized spacial score (nSPS) is 18.1. The number of hydrogen-bond acceptors (Lipinski definition) is 3. The molecule has 1 fully saturated rings. The Morgan fingerprint density at radius 2 is 2.12 bits per heavy atom. The van der Waals surface area contributed by atoms with Gasteiger partial charge in [0.05, 0.1) is 24.5 Å². The molecule has 0 radical (unpaired) electrons. The summed E-state index contributed by atoms with van der Waals surface area (Å²) in [5, 5.41) is 18.6. The lowest BCUT2D eigenvalue weighted by Gasteiger charge is -2.26. The van der Waals surface area contributed by atoms with Crippen molar-refractivity contribution in [2.45, 2.75) is 51.0 Å². The highest BCUT2D eigenvalue weighted by Gasteiger charge is 2.34. The van der Waals surface area contributed by atoms with Gasteiger partial charge in [-0.05, 0) is 19.8 Å². The Morgan fingerprint density at radius 3 is 2.62 bits per heavy atom. The second-order valence-corrected chi connectivity index (χ2v) is 4.49. The number of rotatable bonds is 5. The van der Waals surface area contributed by atoms with E-state index in [0.29, 0.717) is 19.5 Å². The summed E-state index contributed by atoms with van der Waals surface area (Å²) in [5.41, 5.74) is -0.781. The number of amides is 1. The molecule has 1 rings (SSSR count). The highest BCUT2D eigenvalue weighted by atomic mass is 16.3. The van der Waals surface area contributed by atoms with Crippen molar-refractivity contribution in [3.8, 4) is 6.07 Å². The van der Waals surface area contributed by atoms with Crippen LogP contribution in [-0.4, -0.2) is 34.6 Å². The van der Waals surface area contributed by atoms with Gasteiger partial charge in [0.25, 0.3) is 0 Å². The molecule has 0 saturated heterocycles. The van der Waals surface area contributed by atoms with Gasteiger partial charge in [0.2, 0.25) is 5.91 Å². The number of aliphatic hydroxyl groups is 1. The number of nitriles is 1. The Balaban J connectivity index is 2.45. The van der Waals surface area contributed by atoms with E-state index in [1.807, 2.05) is 13.0 Å². The second kappa shape index (κ2) is 5.86. The van der Waals surface area contributed by atoms with Gasteiger partial charge in [-0.25, -0.2) is 0 Å². The lowest BCUT2D eigenvalue weighted by Crippen LogP contribution is -2.38. The largest absolute Gasteiger partial charge is 0.389 e. The summed E-state index contributed by atoms with van der Waals surface area (Å²) in [4.78, 5) is 13.6. The lowest BCUT2D eigenvalue weighted by molar-refractivity contribution is -0.136. The predicted molar refractivity (Wildman–Crippen MR) is 60.5 cm³/mol. The van der Waals surface area contributed by atoms with Crippen LogP contribution in [0.3, 0.4) is 0 Å². The molecule has 1 aliphatic rings. The highest BCUT2D eigenvalue weighted by Crippen LogP contribution is 2.32. The van der Waals surface area contributed by atoms with Gasteiger partial charge >= 0.3 is 0 Å². The minimum Gasteiger partial charge on any atom is -0.389 e. The van der Waals surface area contributed by atoms with Crippen LogP contribution < -0.4 is 0 Å². The topological polar surface area (TPSA) is 64.3 Å². The first-order chi connectivity index (χ1) is 7.61. The maximum absolute atomic E-state index is 11.9. The van der Waals surface area contributed by atoms with Crippen molar-refractivity contribution in [1.29, 1.82) is 5.26 Å². The summed E-state index contributed by atoms with van der Waals surface area (Å²) in [5.74, 6) is -0.0258. The molecule has 0 bridgehead atoms. The van der Waals surface area contributed by atoms with Crippen molar-refractivity contribution in [2.75, 3.05) is 13.1 Å². The molecule has 16 heavy (non-hydrogen) atoms. The van der Waals surface area contributed by atoms with Crippen LogP contribution in [0, 0.1) is 11.3 Å². The van der Waals surface area contributed by atoms with E-state index >= 15 is 0 Å². The van der Waals surface area contributed by atoms with Gasteiger partial charge in [0, 0.05) is 13.1 Å². The molecule has 1 aliphatic carbocycles. The zero-order chi connectivity index (χ0) is 12.0. The molecule has 1 N–H and O–H groups in total. The monoisotopic (exact) mass is 224 g/mol. The van der Waals surface area contributed by atoms with E-state index in [1.54, 1.807) is 4.90 Å². The minimum absolute atomic E-state index is 0.0258. The number of nitrogens with zero attached hydrogens (tertiary/aromatic N) is 2.